The number of likely N-dealkylation sites (tertiary alicyclic amines) is 1. The number of methoxy groups -OCH3 is 2. The van der Waals surface area contributed by atoms with E-state index in [0.29, 0.717) is 18.3 Å². The van der Waals surface area contributed by atoms with Crippen LogP contribution in [0.4, 0.5) is 0 Å². The minimum atomic E-state index is -0.589. The first-order chi connectivity index (χ1) is 9.63. The number of rotatable bonds is 5. The van der Waals surface area contributed by atoms with Crippen LogP contribution < -0.4 is 15.2 Å². The van der Waals surface area contributed by atoms with Crippen molar-refractivity contribution in [2.45, 2.75) is 25.0 Å². The highest BCUT2D eigenvalue weighted by atomic mass is 16.5. The predicted molar refractivity (Wildman–Crippen MR) is 78.2 cm³/mol. The monoisotopic (exact) mass is 280 g/mol. The standard InChI is InChI=1S/C15H24N2O3/c1-19-12-3-4-15(20-2)13(9-12)14(18)10-17-7-5-11(16)6-8-17/h3-4,9,11,14,18H,5-8,10,16H2,1-2H3. The molecular weight excluding hydrogens is 256 g/mol. The molecule has 2 rings (SSSR count). The molecule has 0 spiro atoms. The van der Waals surface area contributed by atoms with Crippen LogP contribution in [0.1, 0.15) is 24.5 Å². The molecule has 0 amide bonds. The lowest BCUT2D eigenvalue weighted by atomic mass is 10.0. The van der Waals surface area contributed by atoms with Crippen LogP contribution in [0.15, 0.2) is 18.2 Å². The van der Waals surface area contributed by atoms with E-state index in [0.717, 1.165) is 37.2 Å². The SMILES string of the molecule is COc1ccc(OC)c(C(O)CN2CCC(N)CC2)c1. The molecule has 112 valence electrons. The zero-order chi connectivity index (χ0) is 14.5. The highest BCUT2D eigenvalue weighted by Gasteiger charge is 2.21. The highest BCUT2D eigenvalue weighted by Crippen LogP contribution is 2.30. The minimum Gasteiger partial charge on any atom is -0.497 e. The number of nitrogens with zero attached hydrogens (tertiary/aromatic N) is 1. The topological polar surface area (TPSA) is 68.0 Å². The minimum absolute atomic E-state index is 0.301. The third kappa shape index (κ3) is 3.62. The third-order valence-corrected chi connectivity index (χ3v) is 3.86. The van der Waals surface area contributed by atoms with Crippen LogP contribution in [-0.4, -0.2) is 49.9 Å². The van der Waals surface area contributed by atoms with Crippen molar-refractivity contribution < 1.29 is 14.6 Å². The largest absolute Gasteiger partial charge is 0.497 e. The number of piperidine rings is 1. The number of aliphatic hydroxyl groups is 1. The van der Waals surface area contributed by atoms with E-state index in [1.54, 1.807) is 14.2 Å². The number of ether oxygens (including phenoxy) is 2. The van der Waals surface area contributed by atoms with Crippen molar-refractivity contribution in [2.75, 3.05) is 33.9 Å². The van der Waals surface area contributed by atoms with E-state index in [9.17, 15) is 5.11 Å². The van der Waals surface area contributed by atoms with Crippen LogP contribution in [0.5, 0.6) is 11.5 Å². The van der Waals surface area contributed by atoms with Crippen molar-refractivity contribution in [1.82, 2.24) is 4.90 Å². The Labute approximate surface area is 120 Å². The molecule has 0 bridgehead atoms. The first-order valence-corrected chi connectivity index (χ1v) is 7.02. The van der Waals surface area contributed by atoms with Gasteiger partial charge in [0.25, 0.3) is 0 Å². The number of β-amino-alcohol motifs (C(OH)–C–C–N with tert-alkyl or cyclic N) is 1. The maximum absolute atomic E-state index is 10.5. The lowest BCUT2D eigenvalue weighted by Crippen LogP contribution is -2.41. The van der Waals surface area contributed by atoms with Crippen molar-refractivity contribution >= 4 is 0 Å². The summed E-state index contributed by atoms with van der Waals surface area (Å²) in [6.07, 6.45) is 1.39. The molecule has 1 atom stereocenters. The second-order valence-electron chi connectivity index (χ2n) is 5.26. The first kappa shape index (κ1) is 15.1. The van der Waals surface area contributed by atoms with Crippen LogP contribution >= 0.6 is 0 Å². The van der Waals surface area contributed by atoms with Gasteiger partial charge < -0.3 is 25.2 Å². The smallest absolute Gasteiger partial charge is 0.124 e. The molecule has 1 aliphatic heterocycles. The summed E-state index contributed by atoms with van der Waals surface area (Å²) in [6, 6.07) is 5.78. The molecule has 0 saturated carbocycles. The van der Waals surface area contributed by atoms with Gasteiger partial charge >= 0.3 is 0 Å². The molecule has 20 heavy (non-hydrogen) atoms. The summed E-state index contributed by atoms with van der Waals surface area (Å²) >= 11 is 0. The highest BCUT2D eigenvalue weighted by molar-refractivity contribution is 5.41. The van der Waals surface area contributed by atoms with Gasteiger partial charge in [-0.05, 0) is 44.1 Å². The van der Waals surface area contributed by atoms with E-state index in [2.05, 4.69) is 4.90 Å². The van der Waals surface area contributed by atoms with Gasteiger partial charge in [0.2, 0.25) is 0 Å². The molecule has 1 heterocycles. The molecule has 0 aromatic heterocycles. The van der Waals surface area contributed by atoms with E-state index >= 15 is 0 Å². The number of hydrogen-bond donors (Lipinski definition) is 2. The molecule has 3 N–H and O–H groups in total. The average molecular weight is 280 g/mol. The Balaban J connectivity index is 2.05. The molecule has 5 heteroatoms. The summed E-state index contributed by atoms with van der Waals surface area (Å²) < 4.78 is 10.5. The van der Waals surface area contributed by atoms with Crippen LogP contribution in [-0.2, 0) is 0 Å². The number of benzene rings is 1. The maximum atomic E-state index is 10.5. The molecule has 1 aromatic rings. The molecule has 0 aliphatic carbocycles. The van der Waals surface area contributed by atoms with Crippen LogP contribution in [0.2, 0.25) is 0 Å². The van der Waals surface area contributed by atoms with Gasteiger partial charge in [-0.25, -0.2) is 0 Å². The van der Waals surface area contributed by atoms with Crippen LogP contribution in [0, 0.1) is 0 Å². The van der Waals surface area contributed by atoms with E-state index in [1.165, 1.54) is 0 Å². The molecule has 0 radical (unpaired) electrons. The third-order valence-electron chi connectivity index (χ3n) is 3.86. The van der Waals surface area contributed by atoms with Crippen molar-refractivity contribution in [3.8, 4) is 11.5 Å². The number of aliphatic hydroxyl groups excluding tert-OH is 1. The zero-order valence-electron chi connectivity index (χ0n) is 12.2. The van der Waals surface area contributed by atoms with Gasteiger partial charge in [0.15, 0.2) is 0 Å². The van der Waals surface area contributed by atoms with E-state index in [4.69, 9.17) is 15.2 Å². The van der Waals surface area contributed by atoms with Gasteiger partial charge in [0.05, 0.1) is 20.3 Å². The Bertz CT molecular complexity index is 431. The molecule has 5 nitrogen and oxygen atoms in total. The van der Waals surface area contributed by atoms with Crippen molar-refractivity contribution in [1.29, 1.82) is 0 Å². The normalized spacial score (nSPS) is 18.8. The van der Waals surface area contributed by atoms with Gasteiger partial charge in [-0.2, -0.15) is 0 Å². The van der Waals surface area contributed by atoms with Gasteiger partial charge in [-0.15, -0.1) is 0 Å². The fourth-order valence-corrected chi connectivity index (χ4v) is 2.58. The fourth-order valence-electron chi connectivity index (χ4n) is 2.58. The van der Waals surface area contributed by atoms with Gasteiger partial charge in [-0.3, -0.25) is 0 Å². The average Bonchev–Trinajstić information content (AvgIpc) is 2.48. The van der Waals surface area contributed by atoms with E-state index < -0.39 is 6.10 Å². The number of hydrogen-bond acceptors (Lipinski definition) is 5. The van der Waals surface area contributed by atoms with Gasteiger partial charge in [0, 0.05) is 18.2 Å². The van der Waals surface area contributed by atoms with E-state index in [1.807, 2.05) is 18.2 Å². The quantitative estimate of drug-likeness (QED) is 0.847. The van der Waals surface area contributed by atoms with Crippen LogP contribution in [0.3, 0.4) is 0 Å². The molecule has 1 unspecified atom stereocenters. The van der Waals surface area contributed by atoms with Crippen molar-refractivity contribution in [3.63, 3.8) is 0 Å². The Morgan fingerprint density at radius 2 is 2.00 bits per heavy atom. The summed E-state index contributed by atoms with van der Waals surface area (Å²) in [7, 11) is 3.22. The summed E-state index contributed by atoms with van der Waals surface area (Å²) in [6.45, 7) is 2.46. The Morgan fingerprint density at radius 3 is 2.60 bits per heavy atom. The van der Waals surface area contributed by atoms with Crippen molar-refractivity contribution in [3.05, 3.63) is 23.8 Å². The lowest BCUT2D eigenvalue weighted by molar-refractivity contribution is 0.0956. The molecule has 1 aliphatic rings. The van der Waals surface area contributed by atoms with Crippen molar-refractivity contribution in [2.24, 2.45) is 5.73 Å². The molecule has 1 saturated heterocycles. The van der Waals surface area contributed by atoms with E-state index in [-0.39, 0.29) is 0 Å². The molecular formula is C15H24N2O3. The molecule has 1 fully saturated rings. The summed E-state index contributed by atoms with van der Waals surface area (Å²) in [5.41, 5.74) is 6.66. The first-order valence-electron chi connectivity index (χ1n) is 7.02. The Hall–Kier alpha value is -1.30. The maximum Gasteiger partial charge on any atom is 0.124 e. The van der Waals surface area contributed by atoms with Gasteiger partial charge in [0.1, 0.15) is 11.5 Å². The zero-order valence-corrected chi connectivity index (χ0v) is 12.2. The summed E-state index contributed by atoms with van der Waals surface area (Å²) in [5, 5.41) is 10.5. The number of nitrogens with two attached hydrogens (primary N) is 1. The second kappa shape index (κ2) is 6.92. The summed E-state index contributed by atoms with van der Waals surface area (Å²) in [5.74, 6) is 1.41. The second-order valence-corrected chi connectivity index (χ2v) is 5.26. The lowest BCUT2D eigenvalue weighted by Gasteiger charge is -2.31. The summed E-state index contributed by atoms with van der Waals surface area (Å²) in [4.78, 5) is 2.24. The predicted octanol–water partition coefficient (Wildman–Crippen LogP) is 1.16. The fraction of sp³-hybridized carbons (Fsp3) is 0.600. The Morgan fingerprint density at radius 1 is 1.30 bits per heavy atom. The molecule has 1 aromatic carbocycles. The van der Waals surface area contributed by atoms with Crippen LogP contribution in [0.25, 0.3) is 0 Å². The van der Waals surface area contributed by atoms with Gasteiger partial charge in [-0.1, -0.05) is 0 Å². The Kier molecular flexibility index (Phi) is 5.23.